The van der Waals surface area contributed by atoms with E-state index < -0.39 is 0 Å². The van der Waals surface area contributed by atoms with Gasteiger partial charge in [-0.2, -0.15) is 0 Å². The fraction of sp³-hybridized carbons (Fsp3) is 0.700. The largest absolute Gasteiger partial charge is 0.342 e. The molecule has 2 aliphatic rings. The summed E-state index contributed by atoms with van der Waals surface area (Å²) in [5.74, 6) is -1.08. The molecular formula is C10H15N3O3. The standard InChI is InChI=1S/C10H15N3O3/c11-3-1-8(14)13-4-2-6-7(5-13)10(16)12-9(6)15/h6-7H,1-5,11H2,(H,12,15,16)/t6-,7+/m1/s1. The van der Waals surface area contributed by atoms with Crippen LogP contribution in [0.25, 0.3) is 0 Å². The summed E-state index contributed by atoms with van der Waals surface area (Å²) < 4.78 is 0. The van der Waals surface area contributed by atoms with Gasteiger partial charge in [-0.15, -0.1) is 0 Å². The predicted octanol–water partition coefficient (Wildman–Crippen LogP) is -1.54. The van der Waals surface area contributed by atoms with Crippen molar-refractivity contribution in [3.05, 3.63) is 0 Å². The van der Waals surface area contributed by atoms with Crippen LogP contribution in [-0.4, -0.2) is 42.3 Å². The van der Waals surface area contributed by atoms with Crippen LogP contribution < -0.4 is 11.1 Å². The van der Waals surface area contributed by atoms with E-state index in [2.05, 4.69) is 5.32 Å². The Balaban J connectivity index is 2.02. The number of rotatable bonds is 2. The molecule has 2 heterocycles. The molecule has 2 saturated heterocycles. The lowest BCUT2D eigenvalue weighted by Crippen LogP contribution is -2.45. The maximum absolute atomic E-state index is 11.6. The molecule has 0 aromatic carbocycles. The number of amides is 3. The highest BCUT2D eigenvalue weighted by atomic mass is 16.2. The van der Waals surface area contributed by atoms with Crippen molar-refractivity contribution < 1.29 is 14.4 Å². The molecule has 2 aliphatic heterocycles. The fourth-order valence-electron chi connectivity index (χ4n) is 2.35. The van der Waals surface area contributed by atoms with Crippen LogP contribution in [0.4, 0.5) is 0 Å². The van der Waals surface area contributed by atoms with Crippen LogP contribution in [0.5, 0.6) is 0 Å². The van der Waals surface area contributed by atoms with Crippen LogP contribution in [0, 0.1) is 11.8 Å². The second kappa shape index (κ2) is 4.21. The molecule has 0 aliphatic carbocycles. The summed E-state index contributed by atoms with van der Waals surface area (Å²) in [6, 6.07) is 0. The van der Waals surface area contributed by atoms with E-state index in [0.29, 0.717) is 32.5 Å². The lowest BCUT2D eigenvalue weighted by atomic mass is 9.87. The molecule has 88 valence electrons. The highest BCUT2D eigenvalue weighted by molar-refractivity contribution is 6.05. The normalized spacial score (nSPS) is 28.9. The molecule has 0 aromatic heterocycles. The molecule has 3 N–H and O–H groups in total. The first-order valence-electron chi connectivity index (χ1n) is 5.46. The Hall–Kier alpha value is -1.43. The van der Waals surface area contributed by atoms with Gasteiger partial charge < -0.3 is 10.6 Å². The molecule has 0 spiro atoms. The van der Waals surface area contributed by atoms with Crippen molar-refractivity contribution in [2.45, 2.75) is 12.8 Å². The first kappa shape index (κ1) is 11.1. The molecule has 6 nitrogen and oxygen atoms in total. The van der Waals surface area contributed by atoms with Gasteiger partial charge in [0.2, 0.25) is 17.7 Å². The second-order valence-corrected chi connectivity index (χ2v) is 4.23. The molecular weight excluding hydrogens is 210 g/mol. The van der Waals surface area contributed by atoms with Gasteiger partial charge in [0.05, 0.1) is 11.8 Å². The number of nitrogens with two attached hydrogens (primary N) is 1. The van der Waals surface area contributed by atoms with E-state index in [4.69, 9.17) is 5.73 Å². The van der Waals surface area contributed by atoms with E-state index in [1.807, 2.05) is 0 Å². The van der Waals surface area contributed by atoms with Crippen molar-refractivity contribution in [3.8, 4) is 0 Å². The van der Waals surface area contributed by atoms with Crippen molar-refractivity contribution in [1.82, 2.24) is 10.2 Å². The lowest BCUT2D eigenvalue weighted by Gasteiger charge is -2.32. The molecule has 0 radical (unpaired) electrons. The maximum atomic E-state index is 11.6. The number of fused-ring (bicyclic) bond motifs is 1. The van der Waals surface area contributed by atoms with E-state index >= 15 is 0 Å². The Labute approximate surface area is 93.1 Å². The molecule has 0 unspecified atom stereocenters. The first-order chi connectivity index (χ1) is 7.63. The average molecular weight is 225 g/mol. The number of hydrogen-bond donors (Lipinski definition) is 2. The van der Waals surface area contributed by atoms with E-state index in [1.54, 1.807) is 4.90 Å². The van der Waals surface area contributed by atoms with Gasteiger partial charge in [-0.3, -0.25) is 19.7 Å². The van der Waals surface area contributed by atoms with Crippen molar-refractivity contribution in [2.75, 3.05) is 19.6 Å². The van der Waals surface area contributed by atoms with Crippen LogP contribution in [0.15, 0.2) is 0 Å². The van der Waals surface area contributed by atoms with Gasteiger partial charge in [-0.25, -0.2) is 0 Å². The van der Waals surface area contributed by atoms with Gasteiger partial charge in [0, 0.05) is 26.1 Å². The third-order valence-electron chi connectivity index (χ3n) is 3.24. The fourth-order valence-corrected chi connectivity index (χ4v) is 2.35. The third-order valence-corrected chi connectivity index (χ3v) is 3.24. The van der Waals surface area contributed by atoms with Crippen LogP contribution in [0.3, 0.4) is 0 Å². The topological polar surface area (TPSA) is 92.5 Å². The van der Waals surface area contributed by atoms with Crippen molar-refractivity contribution in [1.29, 1.82) is 0 Å². The van der Waals surface area contributed by atoms with Crippen LogP contribution >= 0.6 is 0 Å². The van der Waals surface area contributed by atoms with E-state index in [1.165, 1.54) is 0 Å². The van der Waals surface area contributed by atoms with Gasteiger partial charge >= 0.3 is 0 Å². The number of carbonyl (C=O) groups is 3. The van der Waals surface area contributed by atoms with Crippen molar-refractivity contribution >= 4 is 17.7 Å². The number of nitrogens with zero attached hydrogens (tertiary/aromatic N) is 1. The van der Waals surface area contributed by atoms with E-state index in [9.17, 15) is 14.4 Å². The monoisotopic (exact) mass is 225 g/mol. The lowest BCUT2D eigenvalue weighted by molar-refractivity contribution is -0.136. The van der Waals surface area contributed by atoms with Gasteiger partial charge in [-0.05, 0) is 6.42 Å². The molecule has 6 heteroatoms. The number of likely N-dealkylation sites (tertiary alicyclic amines) is 1. The van der Waals surface area contributed by atoms with Crippen LogP contribution in [0.2, 0.25) is 0 Å². The minimum absolute atomic E-state index is 0.0342. The Bertz CT molecular complexity index is 342. The Morgan fingerprint density at radius 1 is 1.38 bits per heavy atom. The second-order valence-electron chi connectivity index (χ2n) is 4.23. The highest BCUT2D eigenvalue weighted by Crippen LogP contribution is 2.28. The van der Waals surface area contributed by atoms with Gasteiger partial charge in [0.1, 0.15) is 0 Å². The molecule has 16 heavy (non-hydrogen) atoms. The number of carbonyl (C=O) groups excluding carboxylic acids is 3. The van der Waals surface area contributed by atoms with E-state index in [-0.39, 0.29) is 29.6 Å². The molecule has 2 fully saturated rings. The molecule has 2 atom stereocenters. The number of piperidine rings is 1. The smallest absolute Gasteiger partial charge is 0.232 e. The molecule has 0 bridgehead atoms. The third kappa shape index (κ3) is 1.80. The van der Waals surface area contributed by atoms with Gasteiger partial charge in [0.15, 0.2) is 0 Å². The zero-order chi connectivity index (χ0) is 11.7. The van der Waals surface area contributed by atoms with E-state index in [0.717, 1.165) is 0 Å². The number of nitrogens with one attached hydrogen (secondary N) is 1. The Kier molecular flexibility index (Phi) is 2.91. The average Bonchev–Trinajstić information content (AvgIpc) is 2.55. The Morgan fingerprint density at radius 3 is 2.75 bits per heavy atom. The summed E-state index contributed by atoms with van der Waals surface area (Å²) in [5, 5.41) is 2.31. The van der Waals surface area contributed by atoms with Gasteiger partial charge in [-0.1, -0.05) is 0 Å². The molecule has 0 saturated carbocycles. The Morgan fingerprint density at radius 2 is 2.06 bits per heavy atom. The van der Waals surface area contributed by atoms with Crippen molar-refractivity contribution in [3.63, 3.8) is 0 Å². The van der Waals surface area contributed by atoms with Crippen LogP contribution in [-0.2, 0) is 14.4 Å². The summed E-state index contributed by atoms with van der Waals surface area (Å²) in [6.07, 6.45) is 0.867. The predicted molar refractivity (Wildman–Crippen MR) is 55.0 cm³/mol. The summed E-state index contributed by atoms with van der Waals surface area (Å²) in [4.78, 5) is 36.1. The summed E-state index contributed by atoms with van der Waals surface area (Å²) in [6.45, 7) is 1.20. The summed E-state index contributed by atoms with van der Waals surface area (Å²) in [5.41, 5.74) is 5.31. The number of hydrogen-bond acceptors (Lipinski definition) is 4. The van der Waals surface area contributed by atoms with Crippen molar-refractivity contribution in [2.24, 2.45) is 17.6 Å². The number of imide groups is 1. The molecule has 2 rings (SSSR count). The molecule has 0 aromatic rings. The SMILES string of the molecule is NCCC(=O)N1CC[C@H]2C(=O)NC(=O)[C@H]2C1. The first-order valence-corrected chi connectivity index (χ1v) is 5.46. The minimum Gasteiger partial charge on any atom is -0.342 e. The quantitative estimate of drug-likeness (QED) is 0.557. The zero-order valence-corrected chi connectivity index (χ0v) is 8.94. The summed E-state index contributed by atoms with van der Waals surface area (Å²) >= 11 is 0. The summed E-state index contributed by atoms with van der Waals surface area (Å²) in [7, 11) is 0. The maximum Gasteiger partial charge on any atom is 0.232 e. The highest BCUT2D eigenvalue weighted by Gasteiger charge is 2.45. The minimum atomic E-state index is -0.358. The van der Waals surface area contributed by atoms with Crippen LogP contribution in [0.1, 0.15) is 12.8 Å². The van der Waals surface area contributed by atoms with Gasteiger partial charge in [0.25, 0.3) is 0 Å². The molecule has 3 amide bonds. The zero-order valence-electron chi connectivity index (χ0n) is 8.94.